The molecule has 1 heterocycles. The number of rotatable bonds is 8. The zero-order valence-electron chi connectivity index (χ0n) is 15.7. The van der Waals surface area contributed by atoms with Gasteiger partial charge in [-0.2, -0.15) is 0 Å². The van der Waals surface area contributed by atoms with E-state index in [-0.39, 0.29) is 24.0 Å². The molecule has 0 amide bonds. The van der Waals surface area contributed by atoms with E-state index in [1.165, 1.54) is 4.88 Å². The number of aromatic nitrogens is 1. The number of thiazole rings is 1. The maximum absolute atomic E-state index is 5.82. The summed E-state index contributed by atoms with van der Waals surface area (Å²) in [5.74, 6) is 1.60. The predicted molar refractivity (Wildman–Crippen MR) is 118 cm³/mol. The molecule has 0 saturated carbocycles. The second-order valence-corrected chi connectivity index (χ2v) is 6.92. The lowest BCUT2D eigenvalue weighted by atomic mass is 10.1. The molecule has 0 aliphatic carbocycles. The quantitative estimate of drug-likeness (QED) is 0.257. The van der Waals surface area contributed by atoms with Crippen LogP contribution in [-0.4, -0.2) is 38.3 Å². The average Bonchev–Trinajstić information content (AvgIpc) is 3.02. The van der Waals surface area contributed by atoms with Gasteiger partial charge in [0.2, 0.25) is 0 Å². The lowest BCUT2D eigenvalue weighted by Crippen LogP contribution is -2.36. The standard InChI is InChI=1S/C18H26N4O2S.HI/c1-13-5-6-15(16(9-13)24-8-7-23-4)11-21-18(19-3)22-12-17-20-10-14(2)25-17;/h5-6,9-10H,7-8,11-12H2,1-4H3,(H2,19,21,22);1H. The van der Waals surface area contributed by atoms with E-state index in [9.17, 15) is 0 Å². The maximum Gasteiger partial charge on any atom is 0.191 e. The summed E-state index contributed by atoms with van der Waals surface area (Å²) in [7, 11) is 3.43. The Labute approximate surface area is 176 Å². The minimum atomic E-state index is 0. The normalized spacial score (nSPS) is 11.0. The van der Waals surface area contributed by atoms with Crippen molar-refractivity contribution in [2.24, 2.45) is 4.99 Å². The topological polar surface area (TPSA) is 67.8 Å². The molecule has 0 aliphatic rings. The third-order valence-corrected chi connectivity index (χ3v) is 4.43. The van der Waals surface area contributed by atoms with Crippen molar-refractivity contribution in [1.29, 1.82) is 0 Å². The van der Waals surface area contributed by atoms with E-state index in [0.717, 1.165) is 27.8 Å². The largest absolute Gasteiger partial charge is 0.491 e. The van der Waals surface area contributed by atoms with Gasteiger partial charge in [0.25, 0.3) is 0 Å². The molecular weight excluding hydrogens is 463 g/mol. The highest BCUT2D eigenvalue weighted by Gasteiger charge is 2.07. The summed E-state index contributed by atoms with van der Waals surface area (Å²) in [4.78, 5) is 9.81. The van der Waals surface area contributed by atoms with Crippen molar-refractivity contribution < 1.29 is 9.47 Å². The summed E-state index contributed by atoms with van der Waals surface area (Å²) >= 11 is 1.68. The SMILES string of the molecule is CN=C(NCc1ncc(C)s1)NCc1ccc(C)cc1OCCOC.I. The Balaban J connectivity index is 0.00000338. The Morgan fingerprint density at radius 1 is 1.19 bits per heavy atom. The van der Waals surface area contributed by atoms with Crippen molar-refractivity contribution in [3.05, 3.63) is 45.4 Å². The molecule has 2 aromatic rings. The molecule has 1 aromatic heterocycles. The van der Waals surface area contributed by atoms with Crippen LogP contribution in [0.2, 0.25) is 0 Å². The van der Waals surface area contributed by atoms with Crippen LogP contribution in [0.15, 0.2) is 29.4 Å². The van der Waals surface area contributed by atoms with Gasteiger partial charge in [0, 0.05) is 37.3 Å². The van der Waals surface area contributed by atoms with Crippen LogP contribution in [0.4, 0.5) is 0 Å². The van der Waals surface area contributed by atoms with Gasteiger partial charge in [-0.1, -0.05) is 12.1 Å². The van der Waals surface area contributed by atoms with E-state index in [4.69, 9.17) is 9.47 Å². The highest BCUT2D eigenvalue weighted by atomic mass is 127. The van der Waals surface area contributed by atoms with E-state index in [0.29, 0.717) is 26.3 Å². The number of nitrogens with one attached hydrogen (secondary N) is 2. The van der Waals surface area contributed by atoms with Crippen molar-refractivity contribution in [1.82, 2.24) is 15.6 Å². The number of hydrogen-bond donors (Lipinski definition) is 2. The Bertz CT molecular complexity index is 706. The Morgan fingerprint density at radius 2 is 1.96 bits per heavy atom. The third-order valence-electron chi connectivity index (χ3n) is 3.51. The van der Waals surface area contributed by atoms with Crippen LogP contribution in [0, 0.1) is 13.8 Å². The zero-order valence-corrected chi connectivity index (χ0v) is 18.8. The Kier molecular flexibility index (Phi) is 10.5. The number of aliphatic imine (C=N–C) groups is 1. The number of hydrogen-bond acceptors (Lipinski definition) is 5. The highest BCUT2D eigenvalue weighted by molar-refractivity contribution is 14.0. The Morgan fingerprint density at radius 3 is 2.62 bits per heavy atom. The van der Waals surface area contributed by atoms with Crippen LogP contribution in [-0.2, 0) is 17.8 Å². The van der Waals surface area contributed by atoms with E-state index < -0.39 is 0 Å². The molecule has 0 unspecified atom stereocenters. The molecule has 0 aliphatic heterocycles. The molecule has 0 saturated heterocycles. The summed E-state index contributed by atoms with van der Waals surface area (Å²) in [6, 6.07) is 6.19. The molecule has 2 rings (SSSR count). The lowest BCUT2D eigenvalue weighted by molar-refractivity contribution is 0.145. The molecule has 2 N–H and O–H groups in total. The molecule has 0 atom stereocenters. The Hall–Kier alpha value is -1.39. The van der Waals surface area contributed by atoms with Gasteiger partial charge in [-0.15, -0.1) is 35.3 Å². The van der Waals surface area contributed by atoms with Crippen LogP contribution < -0.4 is 15.4 Å². The zero-order chi connectivity index (χ0) is 18.1. The number of aryl methyl sites for hydroxylation is 2. The van der Waals surface area contributed by atoms with Gasteiger partial charge in [-0.05, 0) is 25.5 Å². The maximum atomic E-state index is 5.82. The summed E-state index contributed by atoms with van der Waals surface area (Å²) in [5.41, 5.74) is 2.24. The highest BCUT2D eigenvalue weighted by Crippen LogP contribution is 2.20. The van der Waals surface area contributed by atoms with Crippen LogP contribution >= 0.6 is 35.3 Å². The van der Waals surface area contributed by atoms with Crippen LogP contribution in [0.25, 0.3) is 0 Å². The van der Waals surface area contributed by atoms with E-state index >= 15 is 0 Å². The minimum Gasteiger partial charge on any atom is -0.491 e. The summed E-state index contributed by atoms with van der Waals surface area (Å²) in [5, 5.41) is 7.64. The minimum absolute atomic E-state index is 0. The van der Waals surface area contributed by atoms with Crippen molar-refractivity contribution in [3.63, 3.8) is 0 Å². The lowest BCUT2D eigenvalue weighted by Gasteiger charge is -2.15. The molecule has 1 aromatic carbocycles. The summed E-state index contributed by atoms with van der Waals surface area (Å²) < 4.78 is 10.9. The fourth-order valence-corrected chi connectivity index (χ4v) is 2.95. The van der Waals surface area contributed by atoms with Crippen molar-refractivity contribution >= 4 is 41.3 Å². The molecule has 0 radical (unpaired) electrons. The molecule has 6 nitrogen and oxygen atoms in total. The van der Waals surface area contributed by atoms with Crippen molar-refractivity contribution in [3.8, 4) is 5.75 Å². The first-order valence-corrected chi connectivity index (χ1v) is 9.01. The van der Waals surface area contributed by atoms with Gasteiger partial charge in [0.15, 0.2) is 5.96 Å². The second-order valence-electron chi connectivity index (χ2n) is 5.60. The molecule has 144 valence electrons. The second kappa shape index (κ2) is 12.1. The average molecular weight is 490 g/mol. The van der Waals surface area contributed by atoms with Gasteiger partial charge in [-0.25, -0.2) is 4.98 Å². The van der Waals surface area contributed by atoms with Crippen LogP contribution in [0.1, 0.15) is 21.0 Å². The number of ether oxygens (including phenoxy) is 2. The molecule has 0 fully saturated rings. The van der Waals surface area contributed by atoms with Crippen molar-refractivity contribution in [2.45, 2.75) is 26.9 Å². The number of nitrogens with zero attached hydrogens (tertiary/aromatic N) is 2. The fraction of sp³-hybridized carbons (Fsp3) is 0.444. The van der Waals surface area contributed by atoms with Gasteiger partial charge in [-0.3, -0.25) is 4.99 Å². The van der Waals surface area contributed by atoms with E-state index in [1.807, 2.05) is 12.3 Å². The number of halogens is 1. The molecule has 8 heteroatoms. The summed E-state index contributed by atoms with van der Waals surface area (Å²) in [6.45, 7) is 6.48. The van der Waals surface area contributed by atoms with Gasteiger partial charge < -0.3 is 20.1 Å². The third kappa shape index (κ3) is 7.46. The van der Waals surface area contributed by atoms with Gasteiger partial charge in [0.1, 0.15) is 17.4 Å². The number of methoxy groups -OCH3 is 1. The van der Waals surface area contributed by atoms with Crippen LogP contribution in [0.5, 0.6) is 5.75 Å². The first-order valence-electron chi connectivity index (χ1n) is 8.19. The van der Waals surface area contributed by atoms with Crippen LogP contribution in [0.3, 0.4) is 0 Å². The smallest absolute Gasteiger partial charge is 0.191 e. The number of guanidine groups is 1. The number of benzene rings is 1. The first kappa shape index (κ1) is 22.7. The van der Waals surface area contributed by atoms with Crippen molar-refractivity contribution in [2.75, 3.05) is 27.4 Å². The summed E-state index contributed by atoms with van der Waals surface area (Å²) in [6.07, 6.45) is 1.88. The molecule has 0 bridgehead atoms. The predicted octanol–water partition coefficient (Wildman–Crippen LogP) is 3.27. The molecule has 0 spiro atoms. The van der Waals surface area contributed by atoms with E-state index in [2.05, 4.69) is 46.6 Å². The first-order chi connectivity index (χ1) is 12.1. The van der Waals surface area contributed by atoms with Gasteiger partial charge >= 0.3 is 0 Å². The van der Waals surface area contributed by atoms with E-state index in [1.54, 1.807) is 25.5 Å². The monoisotopic (exact) mass is 490 g/mol. The molecule has 26 heavy (non-hydrogen) atoms. The van der Waals surface area contributed by atoms with Gasteiger partial charge in [0.05, 0.1) is 13.2 Å². The molecular formula is C18H27IN4O2S. The fourth-order valence-electron chi connectivity index (χ4n) is 2.22.